The lowest BCUT2D eigenvalue weighted by Gasteiger charge is -2.24. The molecule has 0 aliphatic carbocycles. The minimum Gasteiger partial charge on any atom is -0.325 e. The number of hydrogen-bond acceptors (Lipinski definition) is 3. The van der Waals surface area contributed by atoms with Crippen molar-refractivity contribution in [1.29, 1.82) is 0 Å². The molecular formula is C21H18FIN2O3S. The molecule has 1 amide bonds. The molecule has 5 nitrogen and oxygen atoms in total. The van der Waals surface area contributed by atoms with Crippen LogP contribution < -0.4 is 9.62 Å². The number of sulfonamides is 1. The number of nitrogens with one attached hydrogen (secondary N) is 1. The van der Waals surface area contributed by atoms with E-state index < -0.39 is 28.3 Å². The van der Waals surface area contributed by atoms with Crippen LogP contribution >= 0.6 is 22.6 Å². The van der Waals surface area contributed by atoms with Crippen LogP contribution in [0.3, 0.4) is 0 Å². The molecule has 0 fully saturated rings. The topological polar surface area (TPSA) is 66.5 Å². The highest BCUT2D eigenvalue weighted by molar-refractivity contribution is 14.1. The van der Waals surface area contributed by atoms with Crippen LogP contribution in [0, 0.1) is 16.3 Å². The van der Waals surface area contributed by atoms with E-state index in [0.717, 1.165) is 19.5 Å². The van der Waals surface area contributed by atoms with Crippen molar-refractivity contribution in [3.05, 3.63) is 87.7 Å². The summed E-state index contributed by atoms with van der Waals surface area (Å²) < 4.78 is 42.6. The average molecular weight is 524 g/mol. The lowest BCUT2D eigenvalue weighted by Crippen LogP contribution is -2.38. The molecule has 0 radical (unpaired) electrons. The smallest absolute Gasteiger partial charge is 0.264 e. The number of hydrogen-bond donors (Lipinski definition) is 1. The maximum absolute atomic E-state index is 14.4. The summed E-state index contributed by atoms with van der Waals surface area (Å²) in [5.74, 6) is -1.31. The highest BCUT2D eigenvalue weighted by Crippen LogP contribution is 2.26. The molecule has 3 rings (SSSR count). The minimum atomic E-state index is -4.16. The number of halogens is 2. The van der Waals surface area contributed by atoms with Crippen LogP contribution in [0.25, 0.3) is 0 Å². The van der Waals surface area contributed by atoms with Crippen LogP contribution in [-0.4, -0.2) is 20.9 Å². The number of carbonyl (C=O) groups excluding carboxylic acids is 1. The van der Waals surface area contributed by atoms with E-state index in [0.29, 0.717) is 5.69 Å². The third-order valence-corrected chi connectivity index (χ3v) is 6.64. The quantitative estimate of drug-likeness (QED) is 0.481. The molecule has 0 saturated carbocycles. The van der Waals surface area contributed by atoms with Gasteiger partial charge in [-0.25, -0.2) is 12.8 Å². The maximum atomic E-state index is 14.4. The number of para-hydroxylation sites is 1. The molecule has 3 aromatic rings. The lowest BCUT2D eigenvalue weighted by molar-refractivity contribution is -0.114. The summed E-state index contributed by atoms with van der Waals surface area (Å²) in [6.45, 7) is 1.27. The Kier molecular flexibility index (Phi) is 6.53. The number of nitrogens with zero attached hydrogens (tertiary/aromatic N) is 1. The van der Waals surface area contributed by atoms with Crippen LogP contribution in [0.2, 0.25) is 0 Å². The second-order valence-corrected chi connectivity index (χ2v) is 9.44. The Balaban J connectivity index is 1.95. The van der Waals surface area contributed by atoms with E-state index in [-0.39, 0.29) is 10.6 Å². The zero-order valence-electron chi connectivity index (χ0n) is 15.5. The predicted molar refractivity (Wildman–Crippen MR) is 120 cm³/mol. The molecule has 0 aliphatic rings. The van der Waals surface area contributed by atoms with Crippen molar-refractivity contribution in [3.63, 3.8) is 0 Å². The fourth-order valence-corrected chi connectivity index (χ4v) is 4.44. The molecule has 0 unspecified atom stereocenters. The van der Waals surface area contributed by atoms with Crippen molar-refractivity contribution in [1.82, 2.24) is 0 Å². The second kappa shape index (κ2) is 8.91. The molecule has 8 heteroatoms. The van der Waals surface area contributed by atoms with Crippen molar-refractivity contribution in [2.24, 2.45) is 0 Å². The molecule has 3 aromatic carbocycles. The van der Waals surface area contributed by atoms with Crippen LogP contribution in [-0.2, 0) is 14.8 Å². The fraction of sp³-hybridized carbons (Fsp3) is 0.0952. The van der Waals surface area contributed by atoms with Crippen LogP contribution in [0.1, 0.15) is 5.56 Å². The van der Waals surface area contributed by atoms with Gasteiger partial charge in [0.2, 0.25) is 5.91 Å². The second-order valence-electron chi connectivity index (χ2n) is 6.33. The number of carbonyl (C=O) groups is 1. The predicted octanol–water partition coefficient (Wildman–Crippen LogP) is 4.57. The van der Waals surface area contributed by atoms with E-state index in [9.17, 15) is 17.6 Å². The average Bonchev–Trinajstić information content (AvgIpc) is 2.69. The maximum Gasteiger partial charge on any atom is 0.264 e. The first-order valence-electron chi connectivity index (χ1n) is 8.67. The van der Waals surface area contributed by atoms with Crippen LogP contribution in [0.15, 0.2) is 77.7 Å². The van der Waals surface area contributed by atoms with E-state index in [1.54, 1.807) is 24.3 Å². The molecule has 0 aliphatic heterocycles. The van der Waals surface area contributed by atoms with Gasteiger partial charge in [0.1, 0.15) is 12.4 Å². The number of anilines is 2. The van der Waals surface area contributed by atoms with Gasteiger partial charge in [-0.2, -0.15) is 0 Å². The first-order valence-corrected chi connectivity index (χ1v) is 11.2. The minimum absolute atomic E-state index is 0.0200. The number of benzene rings is 3. The Morgan fingerprint density at radius 2 is 1.62 bits per heavy atom. The molecule has 29 heavy (non-hydrogen) atoms. The van der Waals surface area contributed by atoms with E-state index in [1.807, 2.05) is 19.1 Å². The molecule has 1 N–H and O–H groups in total. The first kappa shape index (κ1) is 21.3. The Morgan fingerprint density at radius 3 is 2.24 bits per heavy atom. The zero-order valence-corrected chi connectivity index (χ0v) is 18.4. The molecule has 0 atom stereocenters. The standard InChI is InChI=1S/C21H18FIN2O3S/c1-15-6-12-18(13-7-15)29(27,28)25(20-5-3-2-4-19(20)22)14-21(26)24-17-10-8-16(23)9-11-17/h2-13H,14H2,1H3,(H,24,26). The zero-order chi connectivity index (χ0) is 21.0. The highest BCUT2D eigenvalue weighted by atomic mass is 127. The monoisotopic (exact) mass is 524 g/mol. The molecule has 0 heterocycles. The van der Waals surface area contributed by atoms with Crippen molar-refractivity contribution in [2.75, 3.05) is 16.2 Å². The van der Waals surface area contributed by atoms with Crippen molar-refractivity contribution in [2.45, 2.75) is 11.8 Å². The fourth-order valence-electron chi connectivity index (χ4n) is 2.66. The summed E-state index contributed by atoms with van der Waals surface area (Å²) in [4.78, 5) is 12.6. The van der Waals surface area contributed by atoms with Gasteiger partial charge in [0.05, 0.1) is 10.6 Å². The Morgan fingerprint density at radius 1 is 1.00 bits per heavy atom. The third kappa shape index (κ3) is 5.13. The van der Waals surface area contributed by atoms with Gasteiger partial charge in [0.15, 0.2) is 0 Å². The van der Waals surface area contributed by atoms with Gasteiger partial charge in [-0.1, -0.05) is 29.8 Å². The van der Waals surface area contributed by atoms with Gasteiger partial charge in [0.25, 0.3) is 10.0 Å². The molecular weight excluding hydrogens is 506 g/mol. The summed E-state index contributed by atoms with van der Waals surface area (Å²) in [5.41, 5.74) is 1.22. The summed E-state index contributed by atoms with van der Waals surface area (Å²) in [6, 6.07) is 18.7. The summed E-state index contributed by atoms with van der Waals surface area (Å²) in [7, 11) is -4.16. The van der Waals surface area contributed by atoms with Crippen LogP contribution in [0.4, 0.5) is 15.8 Å². The number of amides is 1. The Bertz CT molecular complexity index is 1120. The van der Waals surface area contributed by atoms with Gasteiger partial charge in [-0.15, -0.1) is 0 Å². The van der Waals surface area contributed by atoms with Crippen molar-refractivity contribution >= 4 is 49.9 Å². The number of aryl methyl sites for hydroxylation is 1. The highest BCUT2D eigenvalue weighted by Gasteiger charge is 2.29. The van der Waals surface area contributed by atoms with E-state index in [2.05, 4.69) is 27.9 Å². The van der Waals surface area contributed by atoms with E-state index in [1.165, 1.54) is 30.3 Å². The SMILES string of the molecule is Cc1ccc(S(=O)(=O)N(CC(=O)Nc2ccc(I)cc2)c2ccccc2F)cc1. The Labute approximate surface area is 182 Å². The van der Waals surface area contributed by atoms with Crippen molar-refractivity contribution in [3.8, 4) is 0 Å². The largest absolute Gasteiger partial charge is 0.325 e. The van der Waals surface area contributed by atoms with Gasteiger partial charge in [-0.05, 0) is 78.0 Å². The van der Waals surface area contributed by atoms with Gasteiger partial charge in [-0.3, -0.25) is 9.10 Å². The third-order valence-electron chi connectivity index (χ3n) is 4.15. The van der Waals surface area contributed by atoms with Crippen LogP contribution in [0.5, 0.6) is 0 Å². The summed E-state index contributed by atoms with van der Waals surface area (Å²) in [5, 5.41) is 2.65. The van der Waals surface area contributed by atoms with E-state index in [4.69, 9.17) is 0 Å². The summed E-state index contributed by atoms with van der Waals surface area (Å²) >= 11 is 2.14. The van der Waals surface area contributed by atoms with Gasteiger partial charge < -0.3 is 5.32 Å². The van der Waals surface area contributed by atoms with Gasteiger partial charge in [0, 0.05) is 9.26 Å². The molecule has 0 saturated heterocycles. The summed E-state index contributed by atoms with van der Waals surface area (Å²) in [6.07, 6.45) is 0. The Hall–Kier alpha value is -2.46. The number of rotatable bonds is 6. The molecule has 0 aromatic heterocycles. The van der Waals surface area contributed by atoms with Crippen molar-refractivity contribution < 1.29 is 17.6 Å². The normalized spacial score (nSPS) is 11.1. The lowest BCUT2D eigenvalue weighted by atomic mass is 10.2. The molecule has 0 spiro atoms. The van der Waals surface area contributed by atoms with E-state index >= 15 is 0 Å². The molecule has 150 valence electrons. The molecule has 0 bridgehead atoms. The first-order chi connectivity index (χ1) is 13.8. The van der Waals surface area contributed by atoms with Gasteiger partial charge >= 0.3 is 0 Å².